The molecule has 124 valence electrons. The quantitative estimate of drug-likeness (QED) is 0.825. The average Bonchev–Trinajstić information content (AvgIpc) is 3.01. The highest BCUT2D eigenvalue weighted by atomic mass is 16.5. The topological polar surface area (TPSA) is 94.1 Å². The van der Waals surface area contributed by atoms with Gasteiger partial charge in [-0.15, -0.1) is 0 Å². The molecule has 0 aliphatic carbocycles. The van der Waals surface area contributed by atoms with Crippen LogP contribution in [0.3, 0.4) is 0 Å². The summed E-state index contributed by atoms with van der Waals surface area (Å²) in [5.74, 6) is -0.426. The van der Waals surface area contributed by atoms with Gasteiger partial charge in [0.1, 0.15) is 12.4 Å². The lowest BCUT2D eigenvalue weighted by Crippen LogP contribution is -2.51. The molecule has 2 aliphatic rings. The number of carbonyl (C=O) groups is 2. The van der Waals surface area contributed by atoms with Crippen LogP contribution >= 0.6 is 0 Å². The number of carbonyl (C=O) groups excluding carboxylic acids is 1. The van der Waals surface area contributed by atoms with E-state index in [-0.39, 0.29) is 24.7 Å². The number of hydrogen-bond acceptors (Lipinski definition) is 5. The maximum atomic E-state index is 12.4. The molecule has 2 atom stereocenters. The van der Waals surface area contributed by atoms with Crippen LogP contribution in [0.1, 0.15) is 22.3 Å². The maximum Gasteiger partial charge on any atom is 0.329 e. The highest BCUT2D eigenvalue weighted by Crippen LogP contribution is 2.26. The summed E-state index contributed by atoms with van der Waals surface area (Å²) in [6, 6.07) is 4.98. The third-order valence-electron chi connectivity index (χ3n) is 3.98. The Labute approximate surface area is 133 Å². The first-order valence-corrected chi connectivity index (χ1v) is 7.61. The van der Waals surface area contributed by atoms with Gasteiger partial charge in [-0.3, -0.25) is 4.79 Å². The van der Waals surface area contributed by atoms with Gasteiger partial charge < -0.3 is 24.6 Å². The van der Waals surface area contributed by atoms with Gasteiger partial charge in [-0.05, 0) is 30.2 Å². The Morgan fingerprint density at radius 2 is 2.22 bits per heavy atom. The lowest BCUT2D eigenvalue weighted by Gasteiger charge is -2.31. The van der Waals surface area contributed by atoms with Crippen molar-refractivity contribution >= 4 is 11.9 Å². The van der Waals surface area contributed by atoms with Gasteiger partial charge in [-0.2, -0.15) is 0 Å². The first-order valence-electron chi connectivity index (χ1n) is 7.61. The second kappa shape index (κ2) is 6.97. The van der Waals surface area contributed by atoms with Crippen molar-refractivity contribution in [1.29, 1.82) is 0 Å². The zero-order valence-corrected chi connectivity index (χ0v) is 12.6. The molecular formula is C16H19NO6. The molecule has 1 amide bonds. The highest BCUT2D eigenvalue weighted by Gasteiger charge is 2.29. The van der Waals surface area contributed by atoms with Crippen LogP contribution in [0.25, 0.3) is 0 Å². The Balaban J connectivity index is 1.64. The lowest BCUT2D eigenvalue weighted by atomic mass is 10.0. The van der Waals surface area contributed by atoms with Crippen molar-refractivity contribution in [2.75, 3.05) is 26.4 Å². The molecule has 1 fully saturated rings. The van der Waals surface area contributed by atoms with Crippen LogP contribution in [0.2, 0.25) is 0 Å². The molecule has 7 nitrogen and oxygen atoms in total. The van der Waals surface area contributed by atoms with E-state index < -0.39 is 5.97 Å². The van der Waals surface area contributed by atoms with Crippen molar-refractivity contribution in [1.82, 2.24) is 5.32 Å². The zero-order chi connectivity index (χ0) is 16.2. The summed E-state index contributed by atoms with van der Waals surface area (Å²) in [6.45, 7) is 1.06. The van der Waals surface area contributed by atoms with E-state index in [1.165, 1.54) is 0 Å². The number of rotatable bonds is 5. The predicted octanol–water partition coefficient (Wildman–Crippen LogP) is 0.610. The molecule has 0 unspecified atom stereocenters. The number of hydrogen-bond donors (Lipinski definition) is 2. The summed E-state index contributed by atoms with van der Waals surface area (Å²) in [7, 11) is 0. The SMILES string of the molecule is O=C(O)CO[C@H]1CCOC[C@H]1NC(=O)c1ccc2c(c1)CCO2. The van der Waals surface area contributed by atoms with E-state index in [2.05, 4.69) is 5.32 Å². The predicted molar refractivity (Wildman–Crippen MR) is 79.7 cm³/mol. The molecule has 0 saturated carbocycles. The molecule has 2 N–H and O–H groups in total. The molecule has 0 bridgehead atoms. The molecule has 0 aromatic heterocycles. The Morgan fingerprint density at radius 1 is 1.35 bits per heavy atom. The number of aliphatic carboxylic acids is 1. The number of amides is 1. The van der Waals surface area contributed by atoms with E-state index in [0.717, 1.165) is 17.7 Å². The molecule has 2 aliphatic heterocycles. The van der Waals surface area contributed by atoms with Gasteiger partial charge >= 0.3 is 5.97 Å². The molecule has 23 heavy (non-hydrogen) atoms. The first-order chi connectivity index (χ1) is 11.1. The second-order valence-corrected chi connectivity index (χ2v) is 5.61. The molecule has 0 spiro atoms. The Bertz CT molecular complexity index is 602. The van der Waals surface area contributed by atoms with Crippen molar-refractivity contribution in [3.8, 4) is 5.75 Å². The van der Waals surface area contributed by atoms with Gasteiger partial charge in [-0.25, -0.2) is 4.79 Å². The van der Waals surface area contributed by atoms with E-state index in [1.807, 2.05) is 6.07 Å². The van der Waals surface area contributed by atoms with Crippen molar-refractivity contribution in [3.05, 3.63) is 29.3 Å². The van der Waals surface area contributed by atoms with E-state index >= 15 is 0 Å². The van der Waals surface area contributed by atoms with Crippen molar-refractivity contribution in [3.63, 3.8) is 0 Å². The fraction of sp³-hybridized carbons (Fsp3) is 0.500. The van der Waals surface area contributed by atoms with Gasteiger partial charge in [0.2, 0.25) is 0 Å². The van der Waals surface area contributed by atoms with Gasteiger partial charge in [0.05, 0.1) is 25.4 Å². The number of carboxylic acid groups (broad SMARTS) is 1. The number of ether oxygens (including phenoxy) is 3. The highest BCUT2D eigenvalue weighted by molar-refractivity contribution is 5.94. The van der Waals surface area contributed by atoms with E-state index in [0.29, 0.717) is 31.8 Å². The van der Waals surface area contributed by atoms with Gasteiger partial charge in [0.25, 0.3) is 5.91 Å². The second-order valence-electron chi connectivity index (χ2n) is 5.61. The minimum atomic E-state index is -1.03. The monoisotopic (exact) mass is 321 g/mol. The summed E-state index contributed by atoms with van der Waals surface area (Å²) in [6.07, 6.45) is 0.991. The van der Waals surface area contributed by atoms with Crippen molar-refractivity contribution in [2.45, 2.75) is 25.0 Å². The molecule has 1 aromatic rings. The molecule has 2 heterocycles. The van der Waals surface area contributed by atoms with Crippen LogP contribution in [0.4, 0.5) is 0 Å². The molecule has 3 rings (SSSR count). The van der Waals surface area contributed by atoms with Crippen molar-refractivity contribution in [2.24, 2.45) is 0 Å². The average molecular weight is 321 g/mol. The van der Waals surface area contributed by atoms with Crippen LogP contribution in [0, 0.1) is 0 Å². The molecule has 1 aromatic carbocycles. The first kappa shape index (κ1) is 15.8. The Kier molecular flexibility index (Phi) is 4.78. The fourth-order valence-electron chi connectivity index (χ4n) is 2.81. The smallest absolute Gasteiger partial charge is 0.329 e. The molecule has 7 heteroatoms. The standard InChI is InChI=1S/C16H19NO6/c18-15(19)9-23-14-4-5-21-8-12(14)17-16(20)11-1-2-13-10(7-11)3-6-22-13/h1-2,7,12,14H,3-6,8-9H2,(H,17,20)(H,18,19)/t12-,14+/m1/s1. The molecule has 0 radical (unpaired) electrons. The molecular weight excluding hydrogens is 302 g/mol. The summed E-state index contributed by atoms with van der Waals surface area (Å²) < 4.78 is 16.1. The summed E-state index contributed by atoms with van der Waals surface area (Å²) in [5, 5.41) is 11.6. The van der Waals surface area contributed by atoms with Crippen LogP contribution in [0.15, 0.2) is 18.2 Å². The molecule has 1 saturated heterocycles. The normalized spacial score (nSPS) is 23.0. The van der Waals surface area contributed by atoms with Gasteiger partial charge in [0.15, 0.2) is 0 Å². The lowest BCUT2D eigenvalue weighted by molar-refractivity contribution is -0.147. The van der Waals surface area contributed by atoms with Gasteiger partial charge in [0, 0.05) is 18.6 Å². The van der Waals surface area contributed by atoms with E-state index in [4.69, 9.17) is 19.3 Å². The zero-order valence-electron chi connectivity index (χ0n) is 12.6. The van der Waals surface area contributed by atoms with Crippen LogP contribution < -0.4 is 10.1 Å². The minimum absolute atomic E-state index is 0.223. The minimum Gasteiger partial charge on any atom is -0.493 e. The maximum absolute atomic E-state index is 12.4. The van der Waals surface area contributed by atoms with E-state index in [1.54, 1.807) is 12.1 Å². The summed E-state index contributed by atoms with van der Waals surface area (Å²) >= 11 is 0. The van der Waals surface area contributed by atoms with Crippen LogP contribution in [0.5, 0.6) is 5.75 Å². The summed E-state index contributed by atoms with van der Waals surface area (Å²) in [4.78, 5) is 23.1. The number of nitrogens with one attached hydrogen (secondary N) is 1. The van der Waals surface area contributed by atoms with Crippen molar-refractivity contribution < 1.29 is 28.9 Å². The fourth-order valence-corrected chi connectivity index (χ4v) is 2.81. The summed E-state index contributed by atoms with van der Waals surface area (Å²) in [5.41, 5.74) is 1.58. The number of benzene rings is 1. The van der Waals surface area contributed by atoms with Gasteiger partial charge in [-0.1, -0.05) is 0 Å². The largest absolute Gasteiger partial charge is 0.493 e. The third-order valence-corrected chi connectivity index (χ3v) is 3.98. The number of carboxylic acids is 1. The van der Waals surface area contributed by atoms with Crippen LogP contribution in [-0.4, -0.2) is 55.6 Å². The number of fused-ring (bicyclic) bond motifs is 1. The third kappa shape index (κ3) is 3.80. The Morgan fingerprint density at radius 3 is 3.04 bits per heavy atom. The van der Waals surface area contributed by atoms with Crippen LogP contribution in [-0.2, 0) is 20.7 Å². The van der Waals surface area contributed by atoms with E-state index in [9.17, 15) is 9.59 Å². The Hall–Kier alpha value is -2.12.